The smallest absolute Gasteiger partial charge is 0.253 e. The van der Waals surface area contributed by atoms with Crippen LogP contribution in [0.15, 0.2) is 30.5 Å². The van der Waals surface area contributed by atoms with E-state index in [9.17, 15) is 9.90 Å². The van der Waals surface area contributed by atoms with Crippen LogP contribution < -0.4 is 0 Å². The van der Waals surface area contributed by atoms with E-state index in [0.29, 0.717) is 13.1 Å². The molecule has 1 saturated carbocycles. The molecule has 2 fully saturated rings. The number of hydrogen-bond donors (Lipinski definition) is 1. The fourth-order valence-corrected chi connectivity index (χ4v) is 4.33. The first-order chi connectivity index (χ1) is 11.1. The molecule has 1 aromatic heterocycles. The summed E-state index contributed by atoms with van der Waals surface area (Å²) in [5.74, 6) is 0.341. The van der Waals surface area contributed by atoms with E-state index in [1.807, 2.05) is 40.9 Å². The van der Waals surface area contributed by atoms with Crippen molar-refractivity contribution in [2.45, 2.75) is 37.7 Å². The van der Waals surface area contributed by atoms with E-state index in [1.54, 1.807) is 0 Å². The summed E-state index contributed by atoms with van der Waals surface area (Å²) in [4.78, 5) is 14.8. The van der Waals surface area contributed by atoms with E-state index in [0.717, 1.165) is 42.1 Å². The SMILES string of the molecule is Cn1ccc2ccc(C(=O)N3CC[C@]4(O)CCCC[C@@H]4C3)cc21. The molecule has 1 aliphatic carbocycles. The second kappa shape index (κ2) is 5.38. The highest BCUT2D eigenvalue weighted by atomic mass is 16.3. The molecule has 23 heavy (non-hydrogen) atoms. The summed E-state index contributed by atoms with van der Waals surface area (Å²) in [6, 6.07) is 7.99. The molecule has 122 valence electrons. The molecule has 1 aromatic carbocycles. The van der Waals surface area contributed by atoms with E-state index in [4.69, 9.17) is 0 Å². The Balaban J connectivity index is 1.57. The second-order valence-electron chi connectivity index (χ2n) is 7.25. The first-order valence-corrected chi connectivity index (χ1v) is 8.64. The summed E-state index contributed by atoms with van der Waals surface area (Å²) in [7, 11) is 2.00. The minimum absolute atomic E-state index is 0.0979. The number of benzene rings is 1. The van der Waals surface area contributed by atoms with Gasteiger partial charge < -0.3 is 14.6 Å². The topological polar surface area (TPSA) is 45.5 Å². The third-order valence-corrected chi connectivity index (χ3v) is 5.85. The van der Waals surface area contributed by atoms with Gasteiger partial charge in [-0.2, -0.15) is 0 Å². The highest BCUT2D eigenvalue weighted by Crippen LogP contribution is 2.40. The summed E-state index contributed by atoms with van der Waals surface area (Å²) in [6.07, 6.45) is 6.96. The van der Waals surface area contributed by atoms with Crippen LogP contribution in [0.1, 0.15) is 42.5 Å². The molecule has 1 saturated heterocycles. The molecule has 4 rings (SSSR count). The zero-order valence-corrected chi connectivity index (χ0v) is 13.7. The van der Waals surface area contributed by atoms with Gasteiger partial charge in [-0.05, 0) is 42.8 Å². The standard InChI is InChI=1S/C19H24N2O2/c1-20-10-7-14-5-6-15(12-17(14)20)18(22)21-11-9-19(23)8-3-2-4-16(19)13-21/h5-7,10,12,16,23H,2-4,8-9,11,13H2,1H3/t16-,19-/m1/s1. The van der Waals surface area contributed by atoms with E-state index in [-0.39, 0.29) is 11.8 Å². The summed E-state index contributed by atoms with van der Waals surface area (Å²) >= 11 is 0. The van der Waals surface area contributed by atoms with E-state index in [2.05, 4.69) is 6.07 Å². The number of fused-ring (bicyclic) bond motifs is 2. The Morgan fingerprint density at radius 1 is 1.26 bits per heavy atom. The van der Waals surface area contributed by atoms with Crippen LogP contribution in [0.4, 0.5) is 0 Å². The molecule has 1 aliphatic heterocycles. The number of carbonyl (C=O) groups is 1. The summed E-state index contributed by atoms with van der Waals surface area (Å²) in [6.45, 7) is 1.36. The van der Waals surface area contributed by atoms with Crippen molar-refractivity contribution in [1.29, 1.82) is 0 Å². The van der Waals surface area contributed by atoms with E-state index in [1.165, 1.54) is 6.42 Å². The Hall–Kier alpha value is -1.81. The van der Waals surface area contributed by atoms with Crippen LogP contribution in [0.25, 0.3) is 10.9 Å². The normalized spacial score (nSPS) is 27.9. The van der Waals surface area contributed by atoms with Crippen LogP contribution >= 0.6 is 0 Å². The average molecular weight is 312 g/mol. The van der Waals surface area contributed by atoms with Gasteiger partial charge in [0.05, 0.1) is 5.60 Å². The first-order valence-electron chi connectivity index (χ1n) is 8.64. The molecule has 0 radical (unpaired) electrons. The van der Waals surface area contributed by atoms with Crippen molar-refractivity contribution in [3.63, 3.8) is 0 Å². The first kappa shape index (κ1) is 14.8. The van der Waals surface area contributed by atoms with Crippen molar-refractivity contribution in [3.8, 4) is 0 Å². The quantitative estimate of drug-likeness (QED) is 0.880. The predicted molar refractivity (Wildman–Crippen MR) is 90.3 cm³/mol. The molecule has 0 bridgehead atoms. The van der Waals surface area contributed by atoms with Crippen molar-refractivity contribution in [2.24, 2.45) is 13.0 Å². The highest BCUT2D eigenvalue weighted by molar-refractivity contribution is 5.98. The number of amides is 1. The monoisotopic (exact) mass is 312 g/mol. The lowest BCUT2D eigenvalue weighted by atomic mass is 9.71. The highest BCUT2D eigenvalue weighted by Gasteiger charge is 2.43. The van der Waals surface area contributed by atoms with Gasteiger partial charge in [0.15, 0.2) is 0 Å². The van der Waals surface area contributed by atoms with Gasteiger partial charge in [-0.15, -0.1) is 0 Å². The van der Waals surface area contributed by atoms with Gasteiger partial charge in [-0.25, -0.2) is 0 Å². The van der Waals surface area contributed by atoms with E-state index >= 15 is 0 Å². The molecule has 0 unspecified atom stereocenters. The molecule has 4 nitrogen and oxygen atoms in total. The Kier molecular flexibility index (Phi) is 3.45. The zero-order valence-electron chi connectivity index (χ0n) is 13.7. The lowest BCUT2D eigenvalue weighted by molar-refractivity contribution is -0.0886. The zero-order chi connectivity index (χ0) is 16.0. The van der Waals surface area contributed by atoms with Gasteiger partial charge in [-0.1, -0.05) is 18.9 Å². The van der Waals surface area contributed by atoms with Crippen LogP contribution in [0.3, 0.4) is 0 Å². The molecule has 2 heterocycles. The fraction of sp³-hybridized carbons (Fsp3) is 0.526. The largest absolute Gasteiger partial charge is 0.389 e. The molecule has 0 spiro atoms. The van der Waals surface area contributed by atoms with Gasteiger partial charge in [0.2, 0.25) is 0 Å². The summed E-state index contributed by atoms with van der Waals surface area (Å²) in [5, 5.41) is 11.9. The summed E-state index contributed by atoms with van der Waals surface area (Å²) in [5.41, 5.74) is 1.31. The molecule has 1 N–H and O–H groups in total. The Labute approximate surface area is 136 Å². The van der Waals surface area contributed by atoms with Crippen LogP contribution in [0.5, 0.6) is 0 Å². The number of nitrogens with zero attached hydrogens (tertiary/aromatic N) is 2. The third kappa shape index (κ3) is 2.45. The van der Waals surface area contributed by atoms with Crippen LogP contribution in [-0.2, 0) is 7.05 Å². The van der Waals surface area contributed by atoms with Gasteiger partial charge in [0, 0.05) is 43.3 Å². The Bertz CT molecular complexity index is 751. The molecular weight excluding hydrogens is 288 g/mol. The second-order valence-corrected chi connectivity index (χ2v) is 7.25. The van der Waals surface area contributed by atoms with Crippen molar-refractivity contribution >= 4 is 16.8 Å². The van der Waals surface area contributed by atoms with Crippen molar-refractivity contribution in [3.05, 3.63) is 36.0 Å². The van der Waals surface area contributed by atoms with Gasteiger partial charge in [-0.3, -0.25) is 4.79 Å². The maximum atomic E-state index is 12.9. The van der Waals surface area contributed by atoms with Crippen LogP contribution in [0, 0.1) is 5.92 Å². The van der Waals surface area contributed by atoms with E-state index < -0.39 is 5.60 Å². The average Bonchev–Trinajstić information content (AvgIpc) is 2.94. The maximum Gasteiger partial charge on any atom is 0.253 e. The lowest BCUT2D eigenvalue weighted by Crippen LogP contribution is -2.54. The third-order valence-electron chi connectivity index (χ3n) is 5.85. The van der Waals surface area contributed by atoms with Gasteiger partial charge in [0.1, 0.15) is 0 Å². The minimum atomic E-state index is -0.531. The van der Waals surface area contributed by atoms with Gasteiger partial charge in [0.25, 0.3) is 5.91 Å². The van der Waals surface area contributed by atoms with Crippen LogP contribution in [0.2, 0.25) is 0 Å². The predicted octanol–water partition coefficient (Wildman–Crippen LogP) is 2.95. The maximum absolute atomic E-state index is 12.9. The summed E-state index contributed by atoms with van der Waals surface area (Å²) < 4.78 is 2.04. The number of aryl methyl sites for hydroxylation is 1. The number of aliphatic hydroxyl groups is 1. The molecular formula is C19H24N2O2. The number of likely N-dealkylation sites (tertiary alicyclic amines) is 1. The number of piperidine rings is 1. The van der Waals surface area contributed by atoms with Crippen molar-refractivity contribution in [2.75, 3.05) is 13.1 Å². The van der Waals surface area contributed by atoms with Crippen molar-refractivity contribution in [1.82, 2.24) is 9.47 Å². The number of rotatable bonds is 1. The van der Waals surface area contributed by atoms with Crippen LogP contribution in [-0.4, -0.2) is 39.2 Å². The molecule has 2 aliphatic rings. The van der Waals surface area contributed by atoms with Gasteiger partial charge >= 0.3 is 0 Å². The number of aromatic nitrogens is 1. The number of carbonyl (C=O) groups excluding carboxylic acids is 1. The molecule has 4 heteroatoms. The molecule has 1 amide bonds. The Morgan fingerprint density at radius 3 is 3.00 bits per heavy atom. The minimum Gasteiger partial charge on any atom is -0.389 e. The Morgan fingerprint density at radius 2 is 2.13 bits per heavy atom. The number of hydrogen-bond acceptors (Lipinski definition) is 2. The molecule has 2 atom stereocenters. The lowest BCUT2D eigenvalue weighted by Gasteiger charge is -2.47. The molecule has 2 aromatic rings. The van der Waals surface area contributed by atoms with Crippen molar-refractivity contribution < 1.29 is 9.90 Å². The fourth-order valence-electron chi connectivity index (χ4n) is 4.33.